The van der Waals surface area contributed by atoms with Gasteiger partial charge >= 0.3 is 0 Å². The molecule has 3 heterocycles. The van der Waals surface area contributed by atoms with Crippen molar-refractivity contribution in [2.45, 2.75) is 37.0 Å². The molecule has 0 saturated carbocycles. The average Bonchev–Trinajstić information content (AvgIpc) is 2.71. The van der Waals surface area contributed by atoms with Crippen molar-refractivity contribution in [1.29, 1.82) is 0 Å². The predicted molar refractivity (Wildman–Crippen MR) is 119 cm³/mol. The summed E-state index contributed by atoms with van der Waals surface area (Å²) in [6, 6.07) is 9.64. The molecular weight excluding hydrogens is 382 g/mol. The van der Waals surface area contributed by atoms with Crippen LogP contribution in [0, 0.1) is 0 Å². The molecule has 0 unspecified atom stereocenters. The maximum atomic E-state index is 6.18. The van der Waals surface area contributed by atoms with E-state index in [1.807, 2.05) is 40.1 Å². The molecule has 10 N–H and O–H groups in total. The molecule has 0 aliphatic carbocycles. The first-order chi connectivity index (χ1) is 14.5. The second kappa shape index (κ2) is 8.96. The third-order valence-electron chi connectivity index (χ3n) is 5.30. The SMILES string of the molecule is N[C@@H]1C[C@H](N)CN(c2nc(NNc3ccccc3)nc(N3C[C@H](N)C[C@H](N)C3)n2)C1. The van der Waals surface area contributed by atoms with Gasteiger partial charge in [0.1, 0.15) is 0 Å². The smallest absolute Gasteiger partial charge is 0.248 e. The summed E-state index contributed by atoms with van der Waals surface area (Å²) in [5, 5.41) is 0. The molecule has 4 rings (SSSR count). The molecule has 2 saturated heterocycles. The average molecular weight is 414 g/mol. The molecule has 2 aliphatic rings. The maximum absolute atomic E-state index is 6.18. The lowest BCUT2D eigenvalue weighted by Gasteiger charge is -2.37. The Morgan fingerprint density at radius 3 is 1.60 bits per heavy atom. The fourth-order valence-electron chi connectivity index (χ4n) is 4.03. The molecule has 162 valence electrons. The summed E-state index contributed by atoms with van der Waals surface area (Å²) in [6.45, 7) is 2.56. The first kappa shape index (κ1) is 20.5. The number of anilines is 4. The topological polar surface area (TPSA) is 173 Å². The van der Waals surface area contributed by atoms with Gasteiger partial charge < -0.3 is 32.7 Å². The lowest BCUT2D eigenvalue weighted by molar-refractivity contribution is 0.441. The number of rotatable bonds is 5. The largest absolute Gasteiger partial charge is 0.338 e. The number of hydrogen-bond donors (Lipinski definition) is 6. The van der Waals surface area contributed by atoms with Gasteiger partial charge in [0.25, 0.3) is 0 Å². The van der Waals surface area contributed by atoms with E-state index in [-0.39, 0.29) is 24.2 Å². The van der Waals surface area contributed by atoms with E-state index >= 15 is 0 Å². The minimum absolute atomic E-state index is 0.0235. The molecule has 2 aromatic rings. The zero-order valence-corrected chi connectivity index (χ0v) is 17.0. The molecule has 0 radical (unpaired) electrons. The van der Waals surface area contributed by atoms with Crippen molar-refractivity contribution in [1.82, 2.24) is 15.0 Å². The molecule has 4 atom stereocenters. The molecule has 11 heteroatoms. The number of nitrogens with one attached hydrogen (secondary N) is 2. The van der Waals surface area contributed by atoms with E-state index in [1.54, 1.807) is 0 Å². The number of hydrazine groups is 1. The van der Waals surface area contributed by atoms with E-state index < -0.39 is 0 Å². The summed E-state index contributed by atoms with van der Waals surface area (Å²) >= 11 is 0. The Kier molecular flexibility index (Phi) is 6.13. The minimum atomic E-state index is -0.0235. The number of benzene rings is 1. The van der Waals surface area contributed by atoms with Crippen molar-refractivity contribution in [3.8, 4) is 0 Å². The van der Waals surface area contributed by atoms with Gasteiger partial charge in [-0.1, -0.05) is 18.2 Å². The highest BCUT2D eigenvalue weighted by Gasteiger charge is 2.28. The van der Waals surface area contributed by atoms with Crippen molar-refractivity contribution in [3.63, 3.8) is 0 Å². The summed E-state index contributed by atoms with van der Waals surface area (Å²) in [5.41, 5.74) is 31.8. The van der Waals surface area contributed by atoms with Crippen LogP contribution >= 0.6 is 0 Å². The van der Waals surface area contributed by atoms with Crippen LogP contribution in [0.4, 0.5) is 23.5 Å². The van der Waals surface area contributed by atoms with Gasteiger partial charge in [-0.15, -0.1) is 0 Å². The van der Waals surface area contributed by atoms with Crippen LogP contribution in [0.1, 0.15) is 12.8 Å². The maximum Gasteiger partial charge on any atom is 0.248 e. The first-order valence-corrected chi connectivity index (χ1v) is 10.3. The van der Waals surface area contributed by atoms with Crippen molar-refractivity contribution >= 4 is 23.5 Å². The third-order valence-corrected chi connectivity index (χ3v) is 5.30. The fourth-order valence-corrected chi connectivity index (χ4v) is 4.03. The van der Waals surface area contributed by atoms with Gasteiger partial charge in [-0.3, -0.25) is 10.9 Å². The van der Waals surface area contributed by atoms with Crippen LogP contribution in [0.15, 0.2) is 30.3 Å². The Labute approximate surface area is 176 Å². The van der Waals surface area contributed by atoms with Crippen LogP contribution in [-0.2, 0) is 0 Å². The number of para-hydroxylation sites is 1. The van der Waals surface area contributed by atoms with Crippen molar-refractivity contribution in [3.05, 3.63) is 30.3 Å². The van der Waals surface area contributed by atoms with Gasteiger partial charge in [0, 0.05) is 50.3 Å². The standard InChI is InChI=1S/C19H31N11/c20-12-6-13(21)9-29(8-12)18-24-17(28-27-16-4-2-1-3-5-16)25-19(26-18)30-10-14(22)7-15(23)11-30/h1-5,12-15,27H,6-11,20-23H2,(H,24,25,26,28)/t12-,13+,14-,15+. The highest BCUT2D eigenvalue weighted by atomic mass is 15.5. The number of hydrogen-bond acceptors (Lipinski definition) is 11. The monoisotopic (exact) mass is 413 g/mol. The molecule has 30 heavy (non-hydrogen) atoms. The summed E-state index contributed by atoms with van der Waals surface area (Å²) in [6.07, 6.45) is 1.57. The molecule has 11 nitrogen and oxygen atoms in total. The molecular formula is C19H31N11. The van der Waals surface area contributed by atoms with Gasteiger partial charge in [-0.05, 0) is 25.0 Å². The van der Waals surface area contributed by atoms with Crippen molar-refractivity contribution < 1.29 is 0 Å². The Balaban J connectivity index is 1.61. The molecule has 1 aromatic heterocycles. The van der Waals surface area contributed by atoms with E-state index in [1.165, 1.54) is 0 Å². The van der Waals surface area contributed by atoms with Gasteiger partial charge in [0.2, 0.25) is 17.8 Å². The summed E-state index contributed by atoms with van der Waals surface area (Å²) in [5.74, 6) is 1.48. The van der Waals surface area contributed by atoms with Crippen LogP contribution < -0.4 is 43.6 Å². The Morgan fingerprint density at radius 2 is 1.13 bits per heavy atom. The van der Waals surface area contributed by atoms with Gasteiger partial charge in [-0.2, -0.15) is 15.0 Å². The molecule has 0 amide bonds. The molecule has 2 fully saturated rings. The molecule has 0 bridgehead atoms. The van der Waals surface area contributed by atoms with Gasteiger partial charge in [0.15, 0.2) is 0 Å². The molecule has 2 aliphatic heterocycles. The zero-order valence-electron chi connectivity index (χ0n) is 17.0. The fraction of sp³-hybridized carbons (Fsp3) is 0.526. The highest BCUT2D eigenvalue weighted by Crippen LogP contribution is 2.22. The van der Waals surface area contributed by atoms with Crippen LogP contribution in [0.3, 0.4) is 0 Å². The van der Waals surface area contributed by atoms with Crippen molar-refractivity contribution in [2.75, 3.05) is 46.8 Å². The third kappa shape index (κ3) is 5.05. The van der Waals surface area contributed by atoms with E-state index in [0.29, 0.717) is 44.0 Å². The molecule has 1 aromatic carbocycles. The van der Waals surface area contributed by atoms with Crippen molar-refractivity contribution in [2.24, 2.45) is 22.9 Å². The number of nitrogens with two attached hydrogens (primary N) is 4. The Bertz CT molecular complexity index is 768. The summed E-state index contributed by atoms with van der Waals surface area (Å²) < 4.78 is 0. The highest BCUT2D eigenvalue weighted by molar-refractivity contribution is 5.51. The molecule has 0 spiro atoms. The van der Waals surface area contributed by atoms with Gasteiger partial charge in [0.05, 0.1) is 5.69 Å². The second-order valence-electron chi connectivity index (χ2n) is 8.20. The zero-order chi connectivity index (χ0) is 21.1. The van der Waals surface area contributed by atoms with E-state index in [4.69, 9.17) is 27.9 Å². The number of nitrogens with zero attached hydrogens (tertiary/aromatic N) is 5. The minimum Gasteiger partial charge on any atom is -0.338 e. The van der Waals surface area contributed by atoms with E-state index in [9.17, 15) is 0 Å². The summed E-state index contributed by atoms with van der Waals surface area (Å²) in [4.78, 5) is 18.0. The lowest BCUT2D eigenvalue weighted by atomic mass is 10.0. The van der Waals surface area contributed by atoms with Crippen LogP contribution in [0.5, 0.6) is 0 Å². The number of aromatic nitrogens is 3. The van der Waals surface area contributed by atoms with Crippen LogP contribution in [-0.4, -0.2) is 65.3 Å². The quantitative estimate of drug-likeness (QED) is 0.333. The van der Waals surface area contributed by atoms with E-state index in [0.717, 1.165) is 18.5 Å². The predicted octanol–water partition coefficient (Wildman–Crippen LogP) is -0.960. The van der Waals surface area contributed by atoms with Crippen LogP contribution in [0.2, 0.25) is 0 Å². The second-order valence-corrected chi connectivity index (χ2v) is 8.20. The lowest BCUT2D eigenvalue weighted by Crippen LogP contribution is -2.54. The Hall–Kier alpha value is -2.73. The normalized spacial score (nSPS) is 27.1. The van der Waals surface area contributed by atoms with E-state index in [2.05, 4.69) is 20.8 Å². The first-order valence-electron chi connectivity index (χ1n) is 10.3. The van der Waals surface area contributed by atoms with Gasteiger partial charge in [-0.25, -0.2) is 0 Å². The summed E-state index contributed by atoms with van der Waals surface area (Å²) in [7, 11) is 0. The Morgan fingerprint density at radius 1 is 0.667 bits per heavy atom. The van der Waals surface area contributed by atoms with Crippen LogP contribution in [0.25, 0.3) is 0 Å². The number of piperidine rings is 2.